The predicted molar refractivity (Wildman–Crippen MR) is 61.4 cm³/mol. The van der Waals surface area contributed by atoms with Crippen LogP contribution in [0.2, 0.25) is 0 Å². The van der Waals surface area contributed by atoms with Crippen LogP contribution < -0.4 is 0 Å². The van der Waals surface area contributed by atoms with Crippen LogP contribution in [0.15, 0.2) is 24.3 Å². The Kier molecular flexibility index (Phi) is 4.77. The van der Waals surface area contributed by atoms with E-state index in [0.717, 1.165) is 7.05 Å². The first-order valence-electron chi connectivity index (χ1n) is 5.51. The van der Waals surface area contributed by atoms with Gasteiger partial charge in [-0.05, 0) is 24.1 Å². The smallest absolute Gasteiger partial charge is 0.471 e. The minimum atomic E-state index is -4.91. The third-order valence-electron chi connectivity index (χ3n) is 2.58. The number of aliphatic hydroxyl groups excluding tert-OH is 1. The predicted octanol–water partition coefficient (Wildman–Crippen LogP) is 1.84. The lowest BCUT2D eigenvalue weighted by atomic mass is 10.1. The average molecular weight is 277 g/mol. The third kappa shape index (κ3) is 4.44. The molecule has 1 unspecified atom stereocenters. The van der Waals surface area contributed by atoms with Crippen LogP contribution in [0.3, 0.4) is 0 Å². The number of halogens is 3. The molecule has 0 bridgehead atoms. The zero-order valence-electron chi connectivity index (χ0n) is 10.2. The molecule has 0 radical (unpaired) electrons. The van der Waals surface area contributed by atoms with Crippen molar-refractivity contribution >= 4 is 5.91 Å². The normalized spacial score (nSPS) is 13.1. The van der Waals surface area contributed by atoms with Crippen LogP contribution >= 0.6 is 0 Å². The Hall–Kier alpha value is -1.76. The van der Waals surface area contributed by atoms with Crippen molar-refractivity contribution in [3.63, 3.8) is 0 Å². The lowest BCUT2D eigenvalue weighted by Crippen LogP contribution is -2.39. The number of benzene rings is 1. The summed E-state index contributed by atoms with van der Waals surface area (Å²) in [6.45, 7) is -0.241. The number of rotatable bonds is 4. The summed E-state index contributed by atoms with van der Waals surface area (Å²) in [5.41, 5.74) is 0.382. The average Bonchev–Trinajstić information content (AvgIpc) is 2.33. The van der Waals surface area contributed by atoms with E-state index in [1.165, 1.54) is 24.3 Å². The van der Waals surface area contributed by atoms with E-state index in [1.807, 2.05) is 0 Å². The lowest BCUT2D eigenvalue weighted by molar-refractivity contribution is -0.184. The molecule has 1 amide bonds. The second-order valence-corrected chi connectivity index (χ2v) is 4.12. The van der Waals surface area contributed by atoms with Gasteiger partial charge in [0.2, 0.25) is 0 Å². The molecule has 0 aliphatic carbocycles. The highest BCUT2D eigenvalue weighted by atomic mass is 19.4. The quantitative estimate of drug-likeness (QED) is 0.882. The van der Waals surface area contributed by atoms with E-state index in [-0.39, 0.29) is 18.7 Å². The van der Waals surface area contributed by atoms with E-state index in [0.29, 0.717) is 10.5 Å². The summed E-state index contributed by atoms with van der Waals surface area (Å²) in [5.74, 6) is -1.99. The van der Waals surface area contributed by atoms with Crippen molar-refractivity contribution in [1.29, 1.82) is 0 Å². The number of alkyl halides is 3. The Morgan fingerprint density at radius 1 is 1.42 bits per heavy atom. The molecule has 1 aromatic carbocycles. The van der Waals surface area contributed by atoms with Gasteiger partial charge in [-0.25, -0.2) is 0 Å². The van der Waals surface area contributed by atoms with E-state index in [9.17, 15) is 28.2 Å². The van der Waals surface area contributed by atoms with Crippen molar-refractivity contribution in [2.45, 2.75) is 18.7 Å². The Morgan fingerprint density at radius 3 is 2.58 bits per heavy atom. The number of aliphatic hydroxyl groups is 1. The molecule has 1 aromatic rings. The Balaban J connectivity index is 2.55. The molecule has 0 aromatic heterocycles. The van der Waals surface area contributed by atoms with Gasteiger partial charge in [0.15, 0.2) is 0 Å². The van der Waals surface area contributed by atoms with E-state index in [1.54, 1.807) is 0 Å². The van der Waals surface area contributed by atoms with Gasteiger partial charge < -0.3 is 15.1 Å². The number of aromatic hydroxyl groups is 1. The molecule has 0 saturated heterocycles. The van der Waals surface area contributed by atoms with Crippen LogP contribution in [-0.4, -0.2) is 40.8 Å². The third-order valence-corrected chi connectivity index (χ3v) is 2.58. The minimum Gasteiger partial charge on any atom is -0.508 e. The van der Waals surface area contributed by atoms with Crippen molar-refractivity contribution in [2.75, 3.05) is 13.6 Å². The number of phenolic OH excluding ortho intramolecular Hbond substituents is 1. The van der Waals surface area contributed by atoms with Gasteiger partial charge in [-0.2, -0.15) is 13.2 Å². The minimum absolute atomic E-state index is 0.0451. The molecular formula is C12H14F3NO3. The first kappa shape index (κ1) is 15.3. The van der Waals surface area contributed by atoms with Crippen molar-refractivity contribution in [3.05, 3.63) is 29.8 Å². The van der Waals surface area contributed by atoms with Gasteiger partial charge >= 0.3 is 12.1 Å². The molecule has 0 saturated carbocycles. The molecule has 106 valence electrons. The maximum absolute atomic E-state index is 12.1. The monoisotopic (exact) mass is 277 g/mol. The van der Waals surface area contributed by atoms with Crippen molar-refractivity contribution in [1.82, 2.24) is 4.90 Å². The van der Waals surface area contributed by atoms with Crippen LogP contribution in [-0.2, 0) is 4.79 Å². The second-order valence-electron chi connectivity index (χ2n) is 4.12. The summed E-state index contributed by atoms with van der Waals surface area (Å²) in [6, 6.07) is 5.78. The maximum Gasteiger partial charge on any atom is 0.471 e. The number of nitrogens with zero attached hydrogens (tertiary/aromatic N) is 1. The van der Waals surface area contributed by atoms with Gasteiger partial charge in [-0.3, -0.25) is 4.79 Å². The largest absolute Gasteiger partial charge is 0.508 e. The first-order chi connectivity index (χ1) is 8.71. The molecule has 0 aliphatic rings. The van der Waals surface area contributed by atoms with Crippen LogP contribution in [0, 0.1) is 0 Å². The van der Waals surface area contributed by atoms with Gasteiger partial charge in [0, 0.05) is 13.6 Å². The molecule has 1 atom stereocenters. The Morgan fingerprint density at radius 2 is 2.05 bits per heavy atom. The Labute approximate surface area is 108 Å². The Bertz CT molecular complexity index is 448. The van der Waals surface area contributed by atoms with E-state index in [4.69, 9.17) is 0 Å². The molecule has 7 heteroatoms. The molecule has 19 heavy (non-hydrogen) atoms. The number of phenols is 1. The van der Waals surface area contributed by atoms with E-state index >= 15 is 0 Å². The summed E-state index contributed by atoms with van der Waals surface area (Å²) in [5, 5.41) is 19.0. The number of carbonyl (C=O) groups excluding carboxylic acids is 1. The molecule has 4 nitrogen and oxygen atoms in total. The van der Waals surface area contributed by atoms with Crippen molar-refractivity contribution in [2.24, 2.45) is 0 Å². The van der Waals surface area contributed by atoms with Gasteiger partial charge in [-0.15, -0.1) is 0 Å². The molecule has 0 fully saturated rings. The zero-order chi connectivity index (χ0) is 14.6. The summed E-state index contributed by atoms with van der Waals surface area (Å²) in [6.07, 6.45) is -6.01. The highest BCUT2D eigenvalue weighted by molar-refractivity contribution is 5.81. The van der Waals surface area contributed by atoms with Crippen LogP contribution in [0.4, 0.5) is 13.2 Å². The summed E-state index contributed by atoms with van der Waals surface area (Å²) >= 11 is 0. The number of hydrogen-bond donors (Lipinski definition) is 2. The number of hydrogen-bond acceptors (Lipinski definition) is 3. The van der Waals surface area contributed by atoms with Crippen LogP contribution in [0.5, 0.6) is 5.75 Å². The molecular weight excluding hydrogens is 263 g/mol. The molecule has 0 spiro atoms. The summed E-state index contributed by atoms with van der Waals surface area (Å²) in [7, 11) is 1.02. The fourth-order valence-electron chi connectivity index (χ4n) is 1.53. The molecule has 1 rings (SSSR count). The SMILES string of the molecule is CN(CCC(O)c1cccc(O)c1)C(=O)C(F)(F)F. The molecule has 0 aliphatic heterocycles. The highest BCUT2D eigenvalue weighted by Crippen LogP contribution is 2.22. The van der Waals surface area contributed by atoms with Gasteiger partial charge in [-0.1, -0.05) is 12.1 Å². The lowest BCUT2D eigenvalue weighted by Gasteiger charge is -2.20. The van der Waals surface area contributed by atoms with Gasteiger partial charge in [0.25, 0.3) is 0 Å². The highest BCUT2D eigenvalue weighted by Gasteiger charge is 2.41. The standard InChI is InChI=1S/C12H14F3NO3/c1-16(11(19)12(13,14)15)6-5-10(18)8-3-2-4-9(17)7-8/h2-4,7,10,17-18H,5-6H2,1H3. The molecule has 0 heterocycles. The fraction of sp³-hybridized carbons (Fsp3) is 0.417. The van der Waals surface area contributed by atoms with Crippen LogP contribution in [0.1, 0.15) is 18.1 Å². The maximum atomic E-state index is 12.1. The first-order valence-corrected chi connectivity index (χ1v) is 5.51. The van der Waals surface area contributed by atoms with Crippen LogP contribution in [0.25, 0.3) is 0 Å². The topological polar surface area (TPSA) is 60.8 Å². The number of carbonyl (C=O) groups is 1. The van der Waals surface area contributed by atoms with E-state index < -0.39 is 18.2 Å². The van der Waals surface area contributed by atoms with Gasteiger partial charge in [0.1, 0.15) is 5.75 Å². The van der Waals surface area contributed by atoms with E-state index in [2.05, 4.69) is 0 Å². The summed E-state index contributed by atoms with van der Waals surface area (Å²) in [4.78, 5) is 11.4. The molecule has 2 N–H and O–H groups in total. The zero-order valence-corrected chi connectivity index (χ0v) is 10.2. The van der Waals surface area contributed by atoms with Crippen molar-refractivity contribution < 1.29 is 28.2 Å². The summed E-state index contributed by atoms with van der Waals surface area (Å²) < 4.78 is 36.3. The van der Waals surface area contributed by atoms with Crippen molar-refractivity contribution in [3.8, 4) is 5.75 Å². The number of amides is 1. The fourth-order valence-corrected chi connectivity index (χ4v) is 1.53. The second kappa shape index (κ2) is 5.92. The van der Waals surface area contributed by atoms with Gasteiger partial charge in [0.05, 0.1) is 6.10 Å².